The SMILES string of the molecule is CCCCCCCCCCCCCCCCCCCCCC(=O)OC[C@H](COP(=O)(O)OC[C@@H](O)COP(=O)(O)OC[C@@H](COC(=O)CCCCCCCCCC)OC(=O)CCCCCCCCCCCCCCCCC(C)C)OC(=O)CCCCCCCCCCCCCCCCCCCCC. The minimum atomic E-state index is -4.96. The second-order valence-corrected chi connectivity index (χ2v) is 33.6. The van der Waals surface area contributed by atoms with Crippen LogP contribution >= 0.6 is 15.6 Å². The van der Waals surface area contributed by atoms with Crippen LogP contribution < -0.4 is 0 Å². The van der Waals surface area contributed by atoms with Gasteiger partial charge in [0.15, 0.2) is 12.2 Å². The molecule has 0 aliphatic heterocycles. The van der Waals surface area contributed by atoms with Crippen LogP contribution in [0, 0.1) is 5.92 Å². The summed E-state index contributed by atoms with van der Waals surface area (Å²) >= 11 is 0. The molecule has 0 aromatic heterocycles. The highest BCUT2D eigenvalue weighted by Crippen LogP contribution is 2.45. The Labute approximate surface area is 632 Å². The Hall–Kier alpha value is -1.94. The Balaban J connectivity index is 5.19. The summed E-state index contributed by atoms with van der Waals surface area (Å²) in [4.78, 5) is 73.1. The number of ether oxygens (including phenoxy) is 4. The fourth-order valence-corrected chi connectivity index (χ4v) is 14.7. The van der Waals surface area contributed by atoms with Gasteiger partial charge in [-0.1, -0.05) is 401 Å². The molecule has 612 valence electrons. The molecule has 0 rings (SSSR count). The van der Waals surface area contributed by atoms with E-state index in [-0.39, 0.29) is 25.7 Å². The van der Waals surface area contributed by atoms with Crippen molar-refractivity contribution in [3.63, 3.8) is 0 Å². The highest BCUT2D eigenvalue weighted by Gasteiger charge is 2.30. The second kappa shape index (κ2) is 76.8. The summed E-state index contributed by atoms with van der Waals surface area (Å²) in [5.41, 5.74) is 0. The van der Waals surface area contributed by atoms with Gasteiger partial charge in [-0.25, -0.2) is 9.13 Å². The van der Waals surface area contributed by atoms with Gasteiger partial charge in [0.1, 0.15) is 19.3 Å². The summed E-state index contributed by atoms with van der Waals surface area (Å²) in [5, 5.41) is 10.7. The number of rotatable bonds is 84. The number of hydrogen-bond donors (Lipinski definition) is 3. The van der Waals surface area contributed by atoms with Gasteiger partial charge in [-0.05, 0) is 31.6 Å². The van der Waals surface area contributed by atoms with Crippen LogP contribution in [0.1, 0.15) is 452 Å². The van der Waals surface area contributed by atoms with E-state index in [1.165, 1.54) is 270 Å². The molecule has 103 heavy (non-hydrogen) atoms. The van der Waals surface area contributed by atoms with Crippen LogP contribution in [-0.2, 0) is 65.4 Å². The largest absolute Gasteiger partial charge is 0.472 e. The number of phosphoric acid groups is 2. The zero-order valence-electron chi connectivity index (χ0n) is 67.5. The molecular formula is C84H164O17P2. The quantitative estimate of drug-likeness (QED) is 0.0222. The van der Waals surface area contributed by atoms with Crippen molar-refractivity contribution in [3.8, 4) is 0 Å². The molecule has 19 heteroatoms. The molecule has 5 atom stereocenters. The Morgan fingerprint density at radius 1 is 0.262 bits per heavy atom. The predicted molar refractivity (Wildman–Crippen MR) is 423 cm³/mol. The van der Waals surface area contributed by atoms with Gasteiger partial charge in [-0.15, -0.1) is 0 Å². The Morgan fingerprint density at radius 2 is 0.447 bits per heavy atom. The molecule has 2 unspecified atom stereocenters. The second-order valence-electron chi connectivity index (χ2n) is 30.7. The van der Waals surface area contributed by atoms with E-state index >= 15 is 0 Å². The van der Waals surface area contributed by atoms with Crippen LogP contribution in [0.15, 0.2) is 0 Å². The maximum absolute atomic E-state index is 13.1. The van der Waals surface area contributed by atoms with E-state index in [4.69, 9.17) is 37.0 Å². The van der Waals surface area contributed by atoms with Gasteiger partial charge in [0.25, 0.3) is 0 Å². The van der Waals surface area contributed by atoms with Crippen molar-refractivity contribution < 1.29 is 80.2 Å². The molecule has 0 radical (unpaired) electrons. The Kier molecular flexibility index (Phi) is 75.4. The topological polar surface area (TPSA) is 237 Å². The standard InChI is InChI=1S/C84H164O17P2/c1-6-9-12-15-18-21-23-25-27-29-31-33-35-40-44-48-53-58-63-68-82(87)95-74-80(101-84(89)69-64-59-54-49-45-41-36-34-32-30-28-26-24-22-19-16-13-10-7-2)76-99-103(92,93)97-72-78(85)71-96-102(90,91)98-75-79(73-94-81(86)67-62-57-52-20-17-14-11-8-3)100-83(88)70-65-60-55-50-46-42-38-37-39-43-47-51-56-61-66-77(4)5/h77-80,85H,6-76H2,1-5H3,(H,90,91)(H,92,93)/t78-,79+,80+/m0/s1. The number of phosphoric ester groups is 2. The van der Waals surface area contributed by atoms with E-state index in [2.05, 4.69) is 34.6 Å². The first kappa shape index (κ1) is 101. The first-order valence-corrected chi connectivity index (χ1v) is 46.6. The highest BCUT2D eigenvalue weighted by molar-refractivity contribution is 7.47. The van der Waals surface area contributed by atoms with Crippen LogP contribution in [0.3, 0.4) is 0 Å². The fourth-order valence-electron chi connectivity index (χ4n) is 13.1. The maximum Gasteiger partial charge on any atom is 0.472 e. The number of aliphatic hydroxyl groups excluding tert-OH is 1. The summed E-state index contributed by atoms with van der Waals surface area (Å²) in [5.74, 6) is -1.31. The summed E-state index contributed by atoms with van der Waals surface area (Å²) in [7, 11) is -9.92. The Morgan fingerprint density at radius 3 is 0.660 bits per heavy atom. The third-order valence-corrected chi connectivity index (χ3v) is 21.7. The van der Waals surface area contributed by atoms with Crippen LogP contribution in [0.25, 0.3) is 0 Å². The zero-order chi connectivity index (χ0) is 75.5. The van der Waals surface area contributed by atoms with E-state index in [0.717, 1.165) is 102 Å². The van der Waals surface area contributed by atoms with E-state index in [1.807, 2.05) is 0 Å². The smallest absolute Gasteiger partial charge is 0.462 e. The van der Waals surface area contributed by atoms with Crippen LogP contribution in [0.2, 0.25) is 0 Å². The van der Waals surface area contributed by atoms with Crippen molar-refractivity contribution in [2.75, 3.05) is 39.6 Å². The van der Waals surface area contributed by atoms with E-state index in [1.54, 1.807) is 0 Å². The van der Waals surface area contributed by atoms with Crippen molar-refractivity contribution in [1.82, 2.24) is 0 Å². The summed E-state index contributed by atoms with van der Waals surface area (Å²) in [6.45, 7) is 7.35. The van der Waals surface area contributed by atoms with Gasteiger partial charge in [0.05, 0.1) is 26.4 Å². The number of aliphatic hydroxyl groups is 1. The normalized spacial score (nSPS) is 13.8. The molecular weight excluding hydrogens is 1340 g/mol. The van der Waals surface area contributed by atoms with Crippen molar-refractivity contribution in [2.24, 2.45) is 5.92 Å². The molecule has 0 fully saturated rings. The van der Waals surface area contributed by atoms with Gasteiger partial charge in [-0.3, -0.25) is 37.3 Å². The van der Waals surface area contributed by atoms with Gasteiger partial charge in [0, 0.05) is 25.7 Å². The van der Waals surface area contributed by atoms with Crippen molar-refractivity contribution in [1.29, 1.82) is 0 Å². The average molecular weight is 1510 g/mol. The van der Waals surface area contributed by atoms with Crippen LogP contribution in [-0.4, -0.2) is 96.7 Å². The minimum absolute atomic E-state index is 0.108. The lowest BCUT2D eigenvalue weighted by Crippen LogP contribution is -2.30. The summed E-state index contributed by atoms with van der Waals surface area (Å²) in [6, 6.07) is 0. The lowest BCUT2D eigenvalue weighted by molar-refractivity contribution is -0.161. The number of carbonyl (C=O) groups is 4. The molecule has 0 heterocycles. The van der Waals surface area contributed by atoms with Gasteiger partial charge in [0.2, 0.25) is 0 Å². The first-order valence-electron chi connectivity index (χ1n) is 43.6. The molecule has 0 aliphatic carbocycles. The number of hydrogen-bond acceptors (Lipinski definition) is 15. The van der Waals surface area contributed by atoms with Crippen molar-refractivity contribution in [2.45, 2.75) is 470 Å². The molecule has 0 saturated carbocycles. The molecule has 17 nitrogen and oxygen atoms in total. The molecule has 0 aromatic carbocycles. The van der Waals surface area contributed by atoms with E-state index < -0.39 is 97.5 Å². The zero-order valence-corrected chi connectivity index (χ0v) is 69.3. The molecule has 0 saturated heterocycles. The predicted octanol–water partition coefficient (Wildman–Crippen LogP) is 25.6. The lowest BCUT2D eigenvalue weighted by atomic mass is 10.0. The number of carbonyl (C=O) groups excluding carboxylic acids is 4. The molecule has 0 aliphatic rings. The molecule has 0 amide bonds. The van der Waals surface area contributed by atoms with E-state index in [9.17, 15) is 43.2 Å². The number of unbranched alkanes of at least 4 members (excludes halogenated alkanes) is 56. The number of esters is 4. The molecule has 0 aromatic rings. The molecule has 3 N–H and O–H groups in total. The summed E-state index contributed by atoms with van der Waals surface area (Å²) < 4.78 is 68.8. The molecule has 0 spiro atoms. The van der Waals surface area contributed by atoms with Gasteiger partial charge in [-0.2, -0.15) is 0 Å². The van der Waals surface area contributed by atoms with Crippen molar-refractivity contribution in [3.05, 3.63) is 0 Å². The lowest BCUT2D eigenvalue weighted by Gasteiger charge is -2.21. The Bertz CT molecular complexity index is 1960. The average Bonchev–Trinajstić information content (AvgIpc) is 0.923. The minimum Gasteiger partial charge on any atom is -0.462 e. The van der Waals surface area contributed by atoms with Crippen LogP contribution in [0.5, 0.6) is 0 Å². The maximum atomic E-state index is 13.1. The molecule has 0 bridgehead atoms. The van der Waals surface area contributed by atoms with Crippen LogP contribution in [0.4, 0.5) is 0 Å². The van der Waals surface area contributed by atoms with Gasteiger partial charge < -0.3 is 33.8 Å². The van der Waals surface area contributed by atoms with E-state index in [0.29, 0.717) is 25.7 Å². The van der Waals surface area contributed by atoms with Gasteiger partial charge >= 0.3 is 39.5 Å². The third-order valence-electron chi connectivity index (χ3n) is 19.8. The summed E-state index contributed by atoms with van der Waals surface area (Å²) in [6.07, 6.45) is 69.5. The highest BCUT2D eigenvalue weighted by atomic mass is 31.2. The third kappa shape index (κ3) is 78.0. The fraction of sp³-hybridized carbons (Fsp3) is 0.952. The first-order chi connectivity index (χ1) is 50.0. The monoisotopic (exact) mass is 1510 g/mol. The van der Waals surface area contributed by atoms with Crippen molar-refractivity contribution >= 4 is 39.5 Å².